The molecule has 0 aromatic heterocycles. The van der Waals surface area contributed by atoms with Crippen LogP contribution in [0.15, 0.2) is 48.6 Å². The number of allylic oxidation sites excluding steroid dienone is 8. The zero-order valence-electron chi connectivity index (χ0n) is 37.6. The van der Waals surface area contributed by atoms with Crippen LogP contribution in [-0.4, -0.2) is 37.2 Å². The summed E-state index contributed by atoms with van der Waals surface area (Å²) in [6.07, 6.45) is 53.7. The van der Waals surface area contributed by atoms with Crippen molar-refractivity contribution < 1.29 is 28.6 Å². The molecule has 0 saturated carbocycles. The highest BCUT2D eigenvalue weighted by atomic mass is 16.6. The Hall–Kier alpha value is -2.63. The second-order valence-electron chi connectivity index (χ2n) is 16.0. The Morgan fingerprint density at radius 2 is 0.684 bits per heavy atom. The summed E-state index contributed by atoms with van der Waals surface area (Å²) in [7, 11) is 0. The van der Waals surface area contributed by atoms with Crippen molar-refractivity contribution in [1.82, 2.24) is 0 Å². The van der Waals surface area contributed by atoms with Crippen molar-refractivity contribution in [1.29, 1.82) is 0 Å². The van der Waals surface area contributed by atoms with Crippen molar-refractivity contribution in [2.24, 2.45) is 0 Å². The number of carbonyl (C=O) groups is 3. The van der Waals surface area contributed by atoms with Gasteiger partial charge in [-0.1, -0.05) is 191 Å². The summed E-state index contributed by atoms with van der Waals surface area (Å²) in [5, 5.41) is 0. The molecule has 57 heavy (non-hydrogen) atoms. The maximum atomic E-state index is 12.7. The summed E-state index contributed by atoms with van der Waals surface area (Å²) in [4.78, 5) is 37.8. The molecule has 0 fully saturated rings. The van der Waals surface area contributed by atoms with Gasteiger partial charge in [-0.3, -0.25) is 14.4 Å². The molecule has 0 amide bonds. The Kier molecular flexibility index (Phi) is 43.9. The van der Waals surface area contributed by atoms with Crippen molar-refractivity contribution in [3.05, 3.63) is 48.6 Å². The molecule has 0 aliphatic rings. The Morgan fingerprint density at radius 1 is 0.368 bits per heavy atom. The monoisotopic (exact) mass is 799 g/mol. The molecule has 330 valence electrons. The fourth-order valence-corrected chi connectivity index (χ4v) is 6.69. The number of ether oxygens (including phenoxy) is 3. The van der Waals surface area contributed by atoms with Crippen LogP contribution >= 0.6 is 0 Å². The summed E-state index contributed by atoms with van der Waals surface area (Å²) in [5.74, 6) is -0.905. The normalized spacial score (nSPS) is 12.4. The quantitative estimate of drug-likeness (QED) is 0.0265. The van der Waals surface area contributed by atoms with Gasteiger partial charge in [-0.05, 0) is 77.0 Å². The van der Waals surface area contributed by atoms with Gasteiger partial charge in [0.1, 0.15) is 13.2 Å². The Bertz CT molecular complexity index is 1010. The first-order valence-electron chi connectivity index (χ1n) is 24.1. The lowest BCUT2D eigenvalue weighted by molar-refractivity contribution is -0.167. The highest BCUT2D eigenvalue weighted by molar-refractivity contribution is 5.71. The van der Waals surface area contributed by atoms with Gasteiger partial charge in [0.2, 0.25) is 0 Å². The van der Waals surface area contributed by atoms with Crippen molar-refractivity contribution in [3.8, 4) is 0 Å². The van der Waals surface area contributed by atoms with Gasteiger partial charge in [0.15, 0.2) is 6.10 Å². The molecule has 0 radical (unpaired) electrons. The van der Waals surface area contributed by atoms with Gasteiger partial charge in [-0.2, -0.15) is 0 Å². The Labute approximate surface area is 352 Å². The van der Waals surface area contributed by atoms with E-state index in [0.717, 1.165) is 109 Å². The number of unbranched alkanes of at least 4 members (excludes halogenated alkanes) is 24. The molecule has 6 heteroatoms. The maximum Gasteiger partial charge on any atom is 0.306 e. The van der Waals surface area contributed by atoms with Crippen LogP contribution in [0.2, 0.25) is 0 Å². The molecule has 6 nitrogen and oxygen atoms in total. The lowest BCUT2D eigenvalue weighted by Gasteiger charge is -2.18. The van der Waals surface area contributed by atoms with E-state index in [0.29, 0.717) is 19.3 Å². The van der Waals surface area contributed by atoms with Crippen molar-refractivity contribution >= 4 is 17.9 Å². The van der Waals surface area contributed by atoms with Crippen LogP contribution in [-0.2, 0) is 28.6 Å². The zero-order chi connectivity index (χ0) is 41.5. The molecule has 0 aliphatic heterocycles. The van der Waals surface area contributed by atoms with E-state index in [-0.39, 0.29) is 31.1 Å². The van der Waals surface area contributed by atoms with Crippen LogP contribution in [0, 0.1) is 0 Å². The molecule has 0 saturated heterocycles. The van der Waals surface area contributed by atoms with E-state index in [1.165, 1.54) is 89.9 Å². The van der Waals surface area contributed by atoms with Crippen LogP contribution in [0.3, 0.4) is 0 Å². The smallest absolute Gasteiger partial charge is 0.306 e. The van der Waals surface area contributed by atoms with Gasteiger partial charge < -0.3 is 14.2 Å². The molecule has 0 unspecified atom stereocenters. The van der Waals surface area contributed by atoms with E-state index in [2.05, 4.69) is 69.4 Å². The summed E-state index contributed by atoms with van der Waals surface area (Å²) >= 11 is 0. The largest absolute Gasteiger partial charge is 0.462 e. The van der Waals surface area contributed by atoms with Gasteiger partial charge in [-0.15, -0.1) is 0 Å². The molecule has 0 spiro atoms. The minimum Gasteiger partial charge on any atom is -0.462 e. The Balaban J connectivity index is 4.39. The molecular weight excluding hydrogens is 709 g/mol. The molecular formula is C51H90O6. The third-order valence-electron chi connectivity index (χ3n) is 10.3. The summed E-state index contributed by atoms with van der Waals surface area (Å²) < 4.78 is 16.7. The van der Waals surface area contributed by atoms with E-state index in [9.17, 15) is 14.4 Å². The predicted molar refractivity (Wildman–Crippen MR) is 242 cm³/mol. The van der Waals surface area contributed by atoms with E-state index in [4.69, 9.17) is 14.2 Å². The topological polar surface area (TPSA) is 78.9 Å². The average Bonchev–Trinajstić information content (AvgIpc) is 3.21. The molecule has 0 aliphatic carbocycles. The third kappa shape index (κ3) is 44.3. The van der Waals surface area contributed by atoms with E-state index >= 15 is 0 Å². The van der Waals surface area contributed by atoms with E-state index < -0.39 is 6.10 Å². The van der Waals surface area contributed by atoms with Crippen molar-refractivity contribution in [3.63, 3.8) is 0 Å². The molecule has 0 N–H and O–H groups in total. The highest BCUT2D eigenvalue weighted by Gasteiger charge is 2.19. The van der Waals surface area contributed by atoms with E-state index in [1.54, 1.807) is 0 Å². The number of carbonyl (C=O) groups excluding carboxylic acids is 3. The van der Waals surface area contributed by atoms with Crippen LogP contribution < -0.4 is 0 Å². The van der Waals surface area contributed by atoms with Crippen LogP contribution in [0.4, 0.5) is 0 Å². The number of hydrogen-bond donors (Lipinski definition) is 0. The minimum atomic E-state index is -0.780. The zero-order valence-corrected chi connectivity index (χ0v) is 37.6. The molecule has 0 heterocycles. The van der Waals surface area contributed by atoms with Crippen LogP contribution in [0.25, 0.3) is 0 Å². The van der Waals surface area contributed by atoms with Gasteiger partial charge >= 0.3 is 17.9 Å². The number of hydrogen-bond acceptors (Lipinski definition) is 6. The second kappa shape index (κ2) is 46.1. The summed E-state index contributed by atoms with van der Waals surface area (Å²) in [5.41, 5.74) is 0. The van der Waals surface area contributed by atoms with Gasteiger partial charge in [0, 0.05) is 19.3 Å². The summed E-state index contributed by atoms with van der Waals surface area (Å²) in [6, 6.07) is 0. The van der Waals surface area contributed by atoms with Gasteiger partial charge in [-0.25, -0.2) is 0 Å². The standard InChI is InChI=1S/C51H90O6/c1-4-7-10-13-16-19-22-24-26-28-29-32-35-38-41-44-50(53)56-47-48(46-55-49(52)43-40-37-34-31-21-18-15-12-9-6-3)57-51(54)45-42-39-36-33-30-27-25-23-20-17-14-11-8-5-2/h7,10,16,19,23-26,48H,4-6,8-9,11-15,17-18,20-22,27-47H2,1-3H3/b10-7-,19-16-,25-23-,26-24-/t48-/m1/s1. The van der Waals surface area contributed by atoms with Gasteiger partial charge in [0.25, 0.3) is 0 Å². The molecule has 0 aromatic rings. The third-order valence-corrected chi connectivity index (χ3v) is 10.3. The first-order chi connectivity index (χ1) is 28.0. The lowest BCUT2D eigenvalue weighted by Crippen LogP contribution is -2.30. The fourth-order valence-electron chi connectivity index (χ4n) is 6.69. The summed E-state index contributed by atoms with van der Waals surface area (Å²) in [6.45, 7) is 6.48. The number of esters is 3. The highest BCUT2D eigenvalue weighted by Crippen LogP contribution is 2.14. The lowest BCUT2D eigenvalue weighted by atomic mass is 10.1. The molecule has 0 bridgehead atoms. The first kappa shape index (κ1) is 54.4. The van der Waals surface area contributed by atoms with Crippen LogP contribution in [0.5, 0.6) is 0 Å². The van der Waals surface area contributed by atoms with E-state index in [1.807, 2.05) is 0 Å². The Morgan fingerprint density at radius 3 is 1.09 bits per heavy atom. The second-order valence-corrected chi connectivity index (χ2v) is 16.0. The fraction of sp³-hybridized carbons (Fsp3) is 0.784. The van der Waals surface area contributed by atoms with Crippen LogP contribution in [0.1, 0.15) is 239 Å². The molecule has 0 rings (SSSR count). The molecule has 0 aromatic carbocycles. The maximum absolute atomic E-state index is 12.7. The number of rotatable bonds is 43. The molecule has 1 atom stereocenters. The SMILES string of the molecule is CC/C=C\C/C=C\C/C=C\CCCCCCCC(=O)OC[C@@H](COC(=O)CCCCCCCCCCCC)OC(=O)CCCCCCC/C=C\CCCCCCC. The van der Waals surface area contributed by atoms with Gasteiger partial charge in [0.05, 0.1) is 0 Å². The van der Waals surface area contributed by atoms with Crippen molar-refractivity contribution in [2.75, 3.05) is 13.2 Å². The van der Waals surface area contributed by atoms with Crippen molar-refractivity contribution in [2.45, 2.75) is 245 Å². The average molecular weight is 799 g/mol. The predicted octanol–water partition coefficient (Wildman–Crippen LogP) is 15.5. The first-order valence-corrected chi connectivity index (χ1v) is 24.1. The minimum absolute atomic E-state index is 0.0804.